The quantitative estimate of drug-likeness (QED) is 0.627. The van der Waals surface area contributed by atoms with E-state index in [9.17, 15) is 14.4 Å². The molecule has 0 spiro atoms. The molecule has 0 aromatic heterocycles. The molecule has 4 rings (SSSR count). The maximum atomic E-state index is 13.2. The van der Waals surface area contributed by atoms with E-state index in [1.165, 1.54) is 0 Å². The molecule has 8 nitrogen and oxygen atoms in total. The molecule has 0 bridgehead atoms. The van der Waals surface area contributed by atoms with Gasteiger partial charge < -0.3 is 24.8 Å². The zero-order valence-electron chi connectivity index (χ0n) is 20.5. The summed E-state index contributed by atoms with van der Waals surface area (Å²) < 4.78 is 11.0. The van der Waals surface area contributed by atoms with Gasteiger partial charge in [0.1, 0.15) is 24.9 Å². The van der Waals surface area contributed by atoms with Crippen LogP contribution in [-0.4, -0.2) is 65.9 Å². The standard InChI is InChI=1S/C27H32N2O6/c1-26(2,3)23(24(32)29-15-27(4,16-29)35-14-22(30)31)28-25(33)34-13-21-19-11-7-5-9-17(19)18-10-6-8-12-20(18)21/h5-12,21,23H,13-16H2,1-4H3,(H,28,33)(H,30,31)/t23-/m0/s1. The van der Waals surface area contributed by atoms with Crippen LogP contribution in [0.15, 0.2) is 48.5 Å². The number of rotatable bonds is 7. The average Bonchev–Trinajstić information content (AvgIpc) is 3.10. The molecule has 1 aliphatic carbocycles. The van der Waals surface area contributed by atoms with Crippen molar-refractivity contribution in [3.63, 3.8) is 0 Å². The Labute approximate surface area is 205 Å². The lowest BCUT2D eigenvalue weighted by atomic mass is 9.84. The number of benzene rings is 2. The number of nitrogens with one attached hydrogen (secondary N) is 1. The van der Waals surface area contributed by atoms with Crippen LogP contribution in [0.5, 0.6) is 0 Å². The lowest BCUT2D eigenvalue weighted by Gasteiger charge is -2.49. The number of likely N-dealkylation sites (tertiary alicyclic amines) is 1. The van der Waals surface area contributed by atoms with Crippen LogP contribution in [0.3, 0.4) is 0 Å². The van der Waals surface area contributed by atoms with Gasteiger partial charge in [0.15, 0.2) is 0 Å². The Bertz CT molecular complexity index is 1090. The Kier molecular flexibility index (Phi) is 6.60. The molecule has 8 heteroatoms. The molecule has 1 fully saturated rings. The van der Waals surface area contributed by atoms with Crippen LogP contribution in [0.25, 0.3) is 11.1 Å². The number of aliphatic carboxylic acids is 1. The zero-order chi connectivity index (χ0) is 25.4. The summed E-state index contributed by atoms with van der Waals surface area (Å²) in [7, 11) is 0. The maximum absolute atomic E-state index is 13.2. The smallest absolute Gasteiger partial charge is 0.407 e. The first-order valence-corrected chi connectivity index (χ1v) is 11.7. The molecule has 0 unspecified atom stereocenters. The van der Waals surface area contributed by atoms with Crippen molar-refractivity contribution < 1.29 is 29.0 Å². The lowest BCUT2D eigenvalue weighted by Crippen LogP contribution is -2.67. The summed E-state index contributed by atoms with van der Waals surface area (Å²) in [6.07, 6.45) is -0.648. The van der Waals surface area contributed by atoms with Gasteiger partial charge in [0.05, 0.1) is 13.1 Å². The molecular weight excluding hydrogens is 448 g/mol. The molecular formula is C27H32N2O6. The van der Waals surface area contributed by atoms with Gasteiger partial charge in [-0.15, -0.1) is 0 Å². The molecule has 0 radical (unpaired) electrons. The predicted molar refractivity (Wildman–Crippen MR) is 130 cm³/mol. The fraction of sp³-hybridized carbons (Fsp3) is 0.444. The summed E-state index contributed by atoms with van der Waals surface area (Å²) in [6, 6.07) is 15.4. The van der Waals surface area contributed by atoms with Crippen molar-refractivity contribution >= 4 is 18.0 Å². The molecule has 2 aliphatic rings. The van der Waals surface area contributed by atoms with E-state index >= 15 is 0 Å². The van der Waals surface area contributed by atoms with E-state index in [-0.39, 0.29) is 31.5 Å². The number of carbonyl (C=O) groups excluding carboxylic acids is 2. The second-order valence-electron chi connectivity index (χ2n) is 10.6. The normalized spacial score (nSPS) is 17.1. The van der Waals surface area contributed by atoms with Gasteiger partial charge in [-0.05, 0) is 34.6 Å². The molecule has 2 aromatic carbocycles. The van der Waals surface area contributed by atoms with Crippen molar-refractivity contribution in [3.05, 3.63) is 59.7 Å². The number of fused-ring (bicyclic) bond motifs is 3. The first-order chi connectivity index (χ1) is 16.5. The molecule has 2 N–H and O–H groups in total. The minimum Gasteiger partial charge on any atom is -0.480 e. The summed E-state index contributed by atoms with van der Waals surface area (Å²) in [4.78, 5) is 38.4. The summed E-state index contributed by atoms with van der Waals surface area (Å²) in [6.45, 7) is 7.66. The number of carbonyl (C=O) groups is 3. The Morgan fingerprint density at radius 2 is 1.60 bits per heavy atom. The molecule has 1 atom stereocenters. The van der Waals surface area contributed by atoms with Gasteiger partial charge in [-0.1, -0.05) is 69.3 Å². The third-order valence-electron chi connectivity index (χ3n) is 6.63. The fourth-order valence-electron chi connectivity index (χ4n) is 4.83. The summed E-state index contributed by atoms with van der Waals surface area (Å²) >= 11 is 0. The second-order valence-corrected chi connectivity index (χ2v) is 10.6. The van der Waals surface area contributed by atoms with Crippen molar-refractivity contribution in [1.29, 1.82) is 0 Å². The minimum atomic E-state index is -1.06. The van der Waals surface area contributed by atoms with Gasteiger partial charge >= 0.3 is 12.1 Å². The van der Waals surface area contributed by atoms with Crippen LogP contribution in [0.2, 0.25) is 0 Å². The Morgan fingerprint density at radius 3 is 2.11 bits per heavy atom. The topological polar surface area (TPSA) is 105 Å². The highest BCUT2D eigenvalue weighted by atomic mass is 16.5. The number of carboxylic acid groups (broad SMARTS) is 1. The number of carboxylic acids is 1. The van der Waals surface area contributed by atoms with Gasteiger partial charge in [-0.2, -0.15) is 0 Å². The van der Waals surface area contributed by atoms with Crippen molar-refractivity contribution in [1.82, 2.24) is 10.2 Å². The molecule has 2 aromatic rings. The van der Waals surface area contributed by atoms with Crippen LogP contribution in [-0.2, 0) is 19.1 Å². The summed E-state index contributed by atoms with van der Waals surface area (Å²) in [5.41, 5.74) is 3.26. The van der Waals surface area contributed by atoms with Crippen molar-refractivity contribution in [2.24, 2.45) is 5.41 Å². The zero-order valence-corrected chi connectivity index (χ0v) is 20.5. The Morgan fingerprint density at radius 1 is 1.06 bits per heavy atom. The van der Waals surface area contributed by atoms with E-state index in [1.807, 2.05) is 45.0 Å². The second kappa shape index (κ2) is 9.34. The van der Waals surface area contributed by atoms with Gasteiger partial charge in [0.25, 0.3) is 0 Å². The highest BCUT2D eigenvalue weighted by Crippen LogP contribution is 2.44. The van der Waals surface area contributed by atoms with E-state index in [2.05, 4.69) is 29.6 Å². The molecule has 2 amide bonds. The molecule has 35 heavy (non-hydrogen) atoms. The van der Waals surface area contributed by atoms with Crippen molar-refractivity contribution in [3.8, 4) is 11.1 Å². The highest BCUT2D eigenvalue weighted by Gasteiger charge is 2.47. The predicted octanol–water partition coefficient (Wildman–Crippen LogP) is 3.64. The van der Waals surface area contributed by atoms with Gasteiger partial charge in [-0.3, -0.25) is 4.79 Å². The molecule has 0 saturated carbocycles. The third-order valence-corrected chi connectivity index (χ3v) is 6.63. The van der Waals surface area contributed by atoms with E-state index in [1.54, 1.807) is 11.8 Å². The monoisotopic (exact) mass is 480 g/mol. The number of nitrogens with zero attached hydrogens (tertiary/aromatic N) is 1. The van der Waals surface area contributed by atoms with Crippen LogP contribution >= 0.6 is 0 Å². The number of hydrogen-bond acceptors (Lipinski definition) is 5. The maximum Gasteiger partial charge on any atom is 0.407 e. The third kappa shape index (κ3) is 5.17. The molecule has 186 valence electrons. The summed E-state index contributed by atoms with van der Waals surface area (Å²) in [5, 5.41) is 11.6. The van der Waals surface area contributed by atoms with Gasteiger partial charge in [0, 0.05) is 5.92 Å². The van der Waals surface area contributed by atoms with E-state index in [0.717, 1.165) is 22.3 Å². The van der Waals surface area contributed by atoms with Crippen LogP contribution in [0.1, 0.15) is 44.7 Å². The largest absolute Gasteiger partial charge is 0.480 e. The van der Waals surface area contributed by atoms with E-state index in [0.29, 0.717) is 0 Å². The van der Waals surface area contributed by atoms with Crippen LogP contribution < -0.4 is 5.32 Å². The number of hydrogen-bond donors (Lipinski definition) is 2. The fourth-order valence-corrected chi connectivity index (χ4v) is 4.83. The van der Waals surface area contributed by atoms with Gasteiger partial charge in [0.2, 0.25) is 5.91 Å². The SMILES string of the molecule is CC1(OCC(=O)O)CN(C(=O)[C@H](NC(=O)OCC2c3ccccc3-c3ccccc32)C(C)(C)C)C1. The van der Waals surface area contributed by atoms with Crippen LogP contribution in [0.4, 0.5) is 4.79 Å². The minimum absolute atomic E-state index is 0.0700. The Balaban J connectivity index is 1.39. The Hall–Kier alpha value is -3.39. The number of ether oxygens (including phenoxy) is 2. The van der Waals surface area contributed by atoms with Crippen molar-refractivity contribution in [2.45, 2.75) is 45.3 Å². The first kappa shape index (κ1) is 24.7. The number of alkyl carbamates (subject to hydrolysis) is 1. The lowest BCUT2D eigenvalue weighted by molar-refractivity contribution is -0.175. The van der Waals surface area contributed by atoms with E-state index < -0.39 is 35.7 Å². The van der Waals surface area contributed by atoms with Gasteiger partial charge in [-0.25, -0.2) is 9.59 Å². The summed E-state index contributed by atoms with van der Waals surface area (Å²) in [5.74, 6) is -1.37. The van der Waals surface area contributed by atoms with Crippen LogP contribution in [0, 0.1) is 5.41 Å². The molecule has 1 aliphatic heterocycles. The number of amides is 2. The average molecular weight is 481 g/mol. The first-order valence-electron chi connectivity index (χ1n) is 11.7. The van der Waals surface area contributed by atoms with Crippen molar-refractivity contribution in [2.75, 3.05) is 26.3 Å². The van der Waals surface area contributed by atoms with E-state index in [4.69, 9.17) is 14.6 Å². The molecule has 1 saturated heterocycles. The molecule has 1 heterocycles. The highest BCUT2D eigenvalue weighted by molar-refractivity contribution is 5.87.